The molecule has 2 heterocycles. The van der Waals surface area contributed by atoms with E-state index in [1.165, 1.54) is 54.7 Å². The molecule has 1 aromatic carbocycles. The molecule has 1 N–H and O–H groups in total. The molecule has 0 aliphatic rings. The minimum Gasteiger partial charge on any atom is -0.319 e. The standard InChI is InChI=1S/C16H16N6O5/c1-9(14(23)18-10-6-4-5-7-11(10)22(26)27)21-8-17-13-12(21)15(24)20(3)16(25)19(13)2/h4-9H,1-3H3,(H,18,23). The molecule has 3 aromatic rings. The smallest absolute Gasteiger partial charge is 0.319 e. The van der Waals surface area contributed by atoms with Gasteiger partial charge in [-0.2, -0.15) is 0 Å². The highest BCUT2D eigenvalue weighted by molar-refractivity contribution is 5.96. The predicted molar refractivity (Wildman–Crippen MR) is 96.7 cm³/mol. The number of nitrogens with zero attached hydrogens (tertiary/aromatic N) is 5. The second-order valence-corrected chi connectivity index (χ2v) is 5.97. The lowest BCUT2D eigenvalue weighted by molar-refractivity contribution is -0.383. The van der Waals surface area contributed by atoms with Crippen molar-refractivity contribution in [2.45, 2.75) is 13.0 Å². The fraction of sp³-hybridized carbons (Fsp3) is 0.250. The van der Waals surface area contributed by atoms with Crippen LogP contribution in [0.25, 0.3) is 11.2 Å². The molecule has 0 bridgehead atoms. The Balaban J connectivity index is 2.03. The Morgan fingerprint density at radius 2 is 1.89 bits per heavy atom. The first-order valence-electron chi connectivity index (χ1n) is 7.91. The summed E-state index contributed by atoms with van der Waals surface area (Å²) in [5, 5.41) is 13.6. The molecular weight excluding hydrogens is 356 g/mol. The van der Waals surface area contributed by atoms with E-state index in [4.69, 9.17) is 0 Å². The zero-order valence-corrected chi connectivity index (χ0v) is 14.7. The molecule has 0 saturated heterocycles. The van der Waals surface area contributed by atoms with Crippen molar-refractivity contribution in [2.24, 2.45) is 14.1 Å². The lowest BCUT2D eigenvalue weighted by atomic mass is 10.2. The summed E-state index contributed by atoms with van der Waals surface area (Å²) < 4.78 is 3.47. The number of para-hydroxylation sites is 2. The van der Waals surface area contributed by atoms with Crippen LogP contribution in [-0.2, 0) is 18.9 Å². The van der Waals surface area contributed by atoms with Crippen LogP contribution in [0, 0.1) is 10.1 Å². The molecule has 1 amide bonds. The first kappa shape index (κ1) is 18.0. The Labute approximate surface area is 151 Å². The number of nitrogens with one attached hydrogen (secondary N) is 1. The van der Waals surface area contributed by atoms with Gasteiger partial charge in [0.15, 0.2) is 11.2 Å². The van der Waals surface area contributed by atoms with Gasteiger partial charge in [-0.25, -0.2) is 9.78 Å². The average molecular weight is 372 g/mol. The van der Waals surface area contributed by atoms with E-state index in [1.807, 2.05) is 0 Å². The Morgan fingerprint density at radius 1 is 1.22 bits per heavy atom. The zero-order valence-electron chi connectivity index (χ0n) is 14.7. The molecule has 0 aliphatic carbocycles. The fourth-order valence-corrected chi connectivity index (χ4v) is 2.76. The van der Waals surface area contributed by atoms with Crippen LogP contribution in [0.2, 0.25) is 0 Å². The van der Waals surface area contributed by atoms with E-state index in [-0.39, 0.29) is 22.5 Å². The van der Waals surface area contributed by atoms with E-state index in [2.05, 4.69) is 10.3 Å². The van der Waals surface area contributed by atoms with Crippen LogP contribution in [0.3, 0.4) is 0 Å². The number of hydrogen-bond donors (Lipinski definition) is 1. The van der Waals surface area contributed by atoms with Gasteiger partial charge in [0.2, 0.25) is 5.91 Å². The minimum atomic E-state index is -0.903. The van der Waals surface area contributed by atoms with Crippen molar-refractivity contribution in [3.8, 4) is 0 Å². The van der Waals surface area contributed by atoms with Gasteiger partial charge in [-0.3, -0.25) is 28.8 Å². The number of carbonyl (C=O) groups is 1. The van der Waals surface area contributed by atoms with Crippen LogP contribution < -0.4 is 16.6 Å². The molecule has 11 nitrogen and oxygen atoms in total. The van der Waals surface area contributed by atoms with Gasteiger partial charge in [-0.15, -0.1) is 0 Å². The number of anilines is 1. The first-order valence-corrected chi connectivity index (χ1v) is 7.91. The summed E-state index contributed by atoms with van der Waals surface area (Å²) in [6.07, 6.45) is 1.29. The quantitative estimate of drug-likeness (QED) is 0.525. The summed E-state index contributed by atoms with van der Waals surface area (Å²) in [6, 6.07) is 4.84. The summed E-state index contributed by atoms with van der Waals surface area (Å²) in [5.41, 5.74) is -1.08. The highest BCUT2D eigenvalue weighted by Gasteiger charge is 2.23. The number of benzene rings is 1. The van der Waals surface area contributed by atoms with Crippen molar-refractivity contribution in [1.29, 1.82) is 0 Å². The summed E-state index contributed by atoms with van der Waals surface area (Å²) >= 11 is 0. The van der Waals surface area contributed by atoms with Crippen molar-refractivity contribution in [1.82, 2.24) is 18.7 Å². The van der Waals surface area contributed by atoms with E-state index in [0.29, 0.717) is 0 Å². The molecule has 140 valence electrons. The molecule has 0 saturated carbocycles. The number of hydrogen-bond acceptors (Lipinski definition) is 6. The summed E-state index contributed by atoms with van der Waals surface area (Å²) in [7, 11) is 2.80. The fourth-order valence-electron chi connectivity index (χ4n) is 2.76. The van der Waals surface area contributed by atoms with Gasteiger partial charge >= 0.3 is 5.69 Å². The zero-order chi connectivity index (χ0) is 19.9. The summed E-state index contributed by atoms with van der Waals surface area (Å²) in [5.74, 6) is -0.570. The lowest BCUT2D eigenvalue weighted by Crippen LogP contribution is -2.38. The van der Waals surface area contributed by atoms with Gasteiger partial charge in [0.05, 0.1) is 11.3 Å². The minimum absolute atomic E-state index is 0.0454. The highest BCUT2D eigenvalue weighted by Crippen LogP contribution is 2.24. The number of aromatic nitrogens is 4. The number of rotatable bonds is 4. The van der Waals surface area contributed by atoms with Gasteiger partial charge in [0.1, 0.15) is 11.7 Å². The second kappa shape index (κ2) is 6.52. The number of imidazole rings is 1. The van der Waals surface area contributed by atoms with Crippen molar-refractivity contribution >= 4 is 28.4 Å². The maximum absolute atomic E-state index is 12.6. The van der Waals surface area contributed by atoms with E-state index in [9.17, 15) is 24.5 Å². The number of amides is 1. The van der Waals surface area contributed by atoms with Crippen LogP contribution in [-0.4, -0.2) is 29.5 Å². The van der Waals surface area contributed by atoms with Crippen LogP contribution in [0.1, 0.15) is 13.0 Å². The van der Waals surface area contributed by atoms with Gasteiger partial charge in [-0.1, -0.05) is 12.1 Å². The largest absolute Gasteiger partial charge is 0.332 e. The Bertz CT molecular complexity index is 1190. The summed E-state index contributed by atoms with van der Waals surface area (Å²) in [6.45, 7) is 1.52. The maximum Gasteiger partial charge on any atom is 0.332 e. The SMILES string of the molecule is CC(C(=O)Nc1ccccc1[N+](=O)[O-])n1cnc2c1c(=O)n(C)c(=O)n2C. The van der Waals surface area contributed by atoms with E-state index in [1.54, 1.807) is 6.07 Å². The molecule has 27 heavy (non-hydrogen) atoms. The Morgan fingerprint density at radius 3 is 2.56 bits per heavy atom. The predicted octanol–water partition coefficient (Wildman–Crippen LogP) is 0.542. The number of nitro benzene ring substituents is 1. The van der Waals surface area contributed by atoms with Gasteiger partial charge < -0.3 is 9.88 Å². The highest BCUT2D eigenvalue weighted by atomic mass is 16.6. The number of carbonyl (C=O) groups excluding carboxylic acids is 1. The Kier molecular flexibility index (Phi) is 4.35. The van der Waals surface area contributed by atoms with E-state index in [0.717, 1.165) is 4.57 Å². The van der Waals surface area contributed by atoms with Crippen molar-refractivity contribution in [3.05, 3.63) is 61.5 Å². The normalized spacial score (nSPS) is 12.1. The molecule has 0 radical (unpaired) electrons. The third-order valence-electron chi connectivity index (χ3n) is 4.33. The molecule has 3 rings (SSSR count). The molecule has 11 heteroatoms. The molecule has 0 fully saturated rings. The average Bonchev–Trinajstić information content (AvgIpc) is 3.09. The second-order valence-electron chi connectivity index (χ2n) is 5.97. The molecule has 1 unspecified atom stereocenters. The van der Waals surface area contributed by atoms with Gasteiger partial charge in [0.25, 0.3) is 11.2 Å². The van der Waals surface area contributed by atoms with Crippen molar-refractivity contribution in [2.75, 3.05) is 5.32 Å². The van der Waals surface area contributed by atoms with Crippen molar-refractivity contribution < 1.29 is 9.72 Å². The molecular formula is C16H16N6O5. The molecule has 0 aliphatic heterocycles. The number of fused-ring (bicyclic) bond motifs is 1. The summed E-state index contributed by atoms with van der Waals surface area (Å²) in [4.78, 5) is 51.6. The van der Waals surface area contributed by atoms with Crippen LogP contribution in [0.4, 0.5) is 11.4 Å². The third kappa shape index (κ3) is 2.88. The molecule has 1 atom stereocenters. The number of nitro groups is 1. The first-order chi connectivity index (χ1) is 12.7. The van der Waals surface area contributed by atoms with Crippen LogP contribution >= 0.6 is 0 Å². The Hall–Kier alpha value is -3.76. The van der Waals surface area contributed by atoms with Crippen molar-refractivity contribution in [3.63, 3.8) is 0 Å². The molecule has 2 aromatic heterocycles. The third-order valence-corrected chi connectivity index (χ3v) is 4.33. The van der Waals surface area contributed by atoms with E-state index < -0.39 is 28.1 Å². The van der Waals surface area contributed by atoms with Gasteiger partial charge in [-0.05, 0) is 13.0 Å². The van der Waals surface area contributed by atoms with Crippen LogP contribution in [0.15, 0.2) is 40.2 Å². The van der Waals surface area contributed by atoms with Gasteiger partial charge in [0, 0.05) is 20.2 Å². The number of aryl methyl sites for hydroxylation is 1. The molecule has 0 spiro atoms. The topological polar surface area (TPSA) is 134 Å². The lowest BCUT2D eigenvalue weighted by Gasteiger charge is -2.15. The van der Waals surface area contributed by atoms with E-state index >= 15 is 0 Å². The van der Waals surface area contributed by atoms with Crippen LogP contribution in [0.5, 0.6) is 0 Å². The monoisotopic (exact) mass is 372 g/mol. The maximum atomic E-state index is 12.6.